The number of piperazine rings is 1. The highest BCUT2D eigenvalue weighted by atomic mass is 31.1. The molecule has 0 saturated carbocycles. The van der Waals surface area contributed by atoms with Crippen molar-refractivity contribution in [3.63, 3.8) is 0 Å². The second-order valence-corrected chi connectivity index (χ2v) is 22.9. The predicted molar refractivity (Wildman–Crippen MR) is 297 cm³/mol. The summed E-state index contributed by atoms with van der Waals surface area (Å²) in [4.78, 5) is 0. The summed E-state index contributed by atoms with van der Waals surface area (Å²) in [5, 5.41) is 4.98. The number of rotatable bonds is 26. The summed E-state index contributed by atoms with van der Waals surface area (Å²) in [5.74, 6) is 0. The highest BCUT2D eigenvalue weighted by Gasteiger charge is 2.28. The number of nitrogens with zero attached hydrogens (tertiary/aromatic N) is 2. The van der Waals surface area contributed by atoms with Crippen molar-refractivity contribution in [3.8, 4) is 0 Å². The molecular formula is C60H88N2O4P2. The first kappa shape index (κ1) is 52.4. The van der Waals surface area contributed by atoms with E-state index in [4.69, 9.17) is 16.8 Å². The highest BCUT2D eigenvalue weighted by Crippen LogP contribution is 2.45. The number of aryl methyl sites for hydroxylation is 8. The van der Waals surface area contributed by atoms with E-state index in [9.17, 15) is 0 Å². The van der Waals surface area contributed by atoms with Crippen molar-refractivity contribution in [2.45, 2.75) is 209 Å². The Bertz CT molecular complexity index is 2280. The van der Waals surface area contributed by atoms with Crippen LogP contribution in [0.3, 0.4) is 0 Å². The molecule has 6 nitrogen and oxygen atoms in total. The molecule has 1 saturated heterocycles. The van der Waals surface area contributed by atoms with E-state index in [0.717, 1.165) is 151 Å². The van der Waals surface area contributed by atoms with Crippen LogP contribution in [0.1, 0.15) is 203 Å². The van der Waals surface area contributed by atoms with Gasteiger partial charge in [0.2, 0.25) is 0 Å². The van der Waals surface area contributed by atoms with E-state index in [1.165, 1.54) is 117 Å². The van der Waals surface area contributed by atoms with Gasteiger partial charge >= 0.3 is 16.3 Å². The summed E-state index contributed by atoms with van der Waals surface area (Å²) in [6, 6.07) is 19.8. The molecule has 2 aromatic heterocycles. The smallest absolute Gasteiger partial charge is 0.309 e. The summed E-state index contributed by atoms with van der Waals surface area (Å²) >= 11 is 0. The van der Waals surface area contributed by atoms with E-state index in [1.54, 1.807) is 0 Å². The minimum absolute atomic E-state index is 0.816. The standard InChI is InChI=1S/C60H88N2O4P2/c1-9-17-25-45-37-49(29-21-13-5)57-53(41-45)54-42-46(26-18-10-2)38-50(30-22-14-6)58(54)64-67(63-57)61-33-35-62(36-34-61)68-65-59-51(31-23-15-7)39-47(27-19-11-3)43-55(59)56-44-48(28-20-12-4)40-52(32-24-16-8)60(56)66-68/h37-44H,9-36H2,1-8H3. The van der Waals surface area contributed by atoms with Gasteiger partial charge in [-0.15, -0.1) is 0 Å². The Hall–Kier alpha value is -3.40. The summed E-state index contributed by atoms with van der Waals surface area (Å²) in [7, 11) is -2.86. The number of hydrogen-bond donors (Lipinski definition) is 0. The fourth-order valence-electron chi connectivity index (χ4n) is 10.2. The van der Waals surface area contributed by atoms with Crippen molar-refractivity contribution in [1.82, 2.24) is 0 Å². The van der Waals surface area contributed by atoms with E-state index in [2.05, 4.69) is 113 Å². The van der Waals surface area contributed by atoms with Gasteiger partial charge in [-0.2, -0.15) is 0 Å². The topological polar surface area (TPSA) is 59.0 Å². The van der Waals surface area contributed by atoms with Crippen LogP contribution in [0.25, 0.3) is 43.9 Å². The van der Waals surface area contributed by atoms with Gasteiger partial charge in [-0.25, -0.2) is 9.34 Å². The molecule has 0 amide bonds. The van der Waals surface area contributed by atoms with Crippen molar-refractivity contribution in [1.29, 1.82) is 0 Å². The lowest BCUT2D eigenvalue weighted by atomic mass is 9.94. The molecule has 3 heterocycles. The Labute approximate surface area is 413 Å². The molecule has 0 N–H and O–H groups in total. The third-order valence-corrected chi connectivity index (χ3v) is 17.4. The first-order valence-electron chi connectivity index (χ1n) is 27.8. The highest BCUT2D eigenvalue weighted by molar-refractivity contribution is 7.39. The molecular weight excluding hydrogens is 875 g/mol. The van der Waals surface area contributed by atoms with Gasteiger partial charge in [-0.05, 0) is 172 Å². The van der Waals surface area contributed by atoms with Crippen LogP contribution in [0.4, 0.5) is 0 Å². The van der Waals surface area contributed by atoms with Crippen LogP contribution < -0.4 is 9.34 Å². The van der Waals surface area contributed by atoms with Gasteiger partial charge in [-0.1, -0.05) is 131 Å². The molecule has 4 aromatic carbocycles. The Morgan fingerprint density at radius 3 is 0.721 bits per heavy atom. The number of benzene rings is 4. The van der Waals surface area contributed by atoms with Gasteiger partial charge < -0.3 is 16.8 Å². The summed E-state index contributed by atoms with van der Waals surface area (Å²) in [6.45, 7) is 21.7. The second kappa shape index (κ2) is 26.7. The van der Waals surface area contributed by atoms with E-state index in [1.807, 2.05) is 0 Å². The summed E-state index contributed by atoms with van der Waals surface area (Å²) < 4.78 is 34.7. The van der Waals surface area contributed by atoms with Gasteiger partial charge in [0.25, 0.3) is 0 Å². The van der Waals surface area contributed by atoms with E-state index in [0.29, 0.717) is 0 Å². The quantitative estimate of drug-likeness (QED) is 0.0540. The molecule has 1 aliphatic heterocycles. The maximum atomic E-state index is 7.42. The average molecular weight is 963 g/mol. The molecule has 7 rings (SSSR count). The molecule has 0 bridgehead atoms. The zero-order chi connectivity index (χ0) is 47.8. The van der Waals surface area contributed by atoms with Gasteiger partial charge in [0.05, 0.1) is 0 Å². The Morgan fingerprint density at radius 1 is 0.309 bits per heavy atom. The lowest BCUT2D eigenvalue weighted by molar-refractivity contribution is 0.577. The monoisotopic (exact) mass is 963 g/mol. The molecule has 0 radical (unpaired) electrons. The van der Waals surface area contributed by atoms with Crippen molar-refractivity contribution in [2.24, 2.45) is 0 Å². The fraction of sp³-hybridized carbons (Fsp3) is 0.600. The molecule has 0 unspecified atom stereocenters. The van der Waals surface area contributed by atoms with Crippen LogP contribution in [0.2, 0.25) is 0 Å². The third-order valence-electron chi connectivity index (χ3n) is 14.3. The van der Waals surface area contributed by atoms with E-state index >= 15 is 0 Å². The average Bonchev–Trinajstić information content (AvgIpc) is 3.64. The Balaban J connectivity index is 1.38. The number of unbranched alkanes of at least 4 members (excludes halogenated alkanes) is 8. The van der Waals surface area contributed by atoms with Crippen molar-refractivity contribution in [3.05, 3.63) is 93.0 Å². The van der Waals surface area contributed by atoms with Crippen LogP contribution in [-0.4, -0.2) is 26.2 Å². The summed E-state index contributed by atoms with van der Waals surface area (Å²) in [6.07, 6.45) is 27.2. The molecule has 1 aliphatic rings. The van der Waals surface area contributed by atoms with Gasteiger partial charge in [0.15, 0.2) is 0 Å². The van der Waals surface area contributed by atoms with Gasteiger partial charge in [0.1, 0.15) is 22.3 Å². The molecule has 372 valence electrons. The second-order valence-electron chi connectivity index (χ2n) is 20.1. The Morgan fingerprint density at radius 2 is 0.515 bits per heavy atom. The predicted octanol–water partition coefficient (Wildman–Crippen LogP) is 19.2. The third kappa shape index (κ3) is 13.1. The van der Waals surface area contributed by atoms with Crippen LogP contribution in [0.15, 0.2) is 65.3 Å². The van der Waals surface area contributed by atoms with Gasteiger partial charge in [0, 0.05) is 47.7 Å². The molecule has 68 heavy (non-hydrogen) atoms. The minimum Gasteiger partial charge on any atom is -0.408 e. The summed E-state index contributed by atoms with van der Waals surface area (Å²) in [5.41, 5.74) is 15.4. The molecule has 0 spiro atoms. The van der Waals surface area contributed by atoms with Crippen molar-refractivity contribution in [2.75, 3.05) is 35.5 Å². The lowest BCUT2D eigenvalue weighted by Crippen LogP contribution is -2.44. The first-order valence-corrected chi connectivity index (χ1v) is 30.1. The molecule has 1 fully saturated rings. The molecule has 6 aromatic rings. The molecule has 0 atom stereocenters. The zero-order valence-corrected chi connectivity index (χ0v) is 45.6. The molecule has 0 aliphatic carbocycles. The van der Waals surface area contributed by atoms with Gasteiger partial charge in [-0.3, -0.25) is 0 Å². The fourth-order valence-corrected chi connectivity index (χ4v) is 13.2. The maximum Gasteiger partial charge on any atom is 0.309 e. The normalized spacial score (nSPS) is 13.8. The number of fused-ring (bicyclic) bond motifs is 6. The van der Waals surface area contributed by atoms with Crippen molar-refractivity contribution < 1.29 is 16.8 Å². The van der Waals surface area contributed by atoms with Crippen LogP contribution in [0, 0.1) is 0 Å². The van der Waals surface area contributed by atoms with Crippen LogP contribution >= 0.6 is 16.3 Å². The lowest BCUT2D eigenvalue weighted by Gasteiger charge is -2.30. The molecule has 8 heteroatoms. The van der Waals surface area contributed by atoms with E-state index < -0.39 is 16.3 Å². The van der Waals surface area contributed by atoms with Crippen LogP contribution in [-0.2, 0) is 51.4 Å². The first-order chi connectivity index (χ1) is 33.4. The minimum atomic E-state index is -1.43. The number of hydrogen-bond acceptors (Lipinski definition) is 6. The largest absolute Gasteiger partial charge is 0.408 e. The Kier molecular flexibility index (Phi) is 20.6. The maximum absolute atomic E-state index is 7.42. The zero-order valence-electron chi connectivity index (χ0n) is 43.8. The van der Waals surface area contributed by atoms with E-state index in [-0.39, 0.29) is 0 Å². The van der Waals surface area contributed by atoms with Crippen molar-refractivity contribution >= 4 is 60.2 Å². The van der Waals surface area contributed by atoms with Crippen LogP contribution in [0.5, 0.6) is 0 Å². The SMILES string of the molecule is CCCCc1cc(CCCC)c2op(N3CCN(p4oc5c(CCCC)cc(CCCC)cc5c5cc(CCCC)cc(CCCC)c5o4)CC3)oc3c(CCCC)cc(CCCC)cc3c2c1.